The van der Waals surface area contributed by atoms with Gasteiger partial charge in [0.2, 0.25) is 0 Å². The van der Waals surface area contributed by atoms with Crippen molar-refractivity contribution in [3.8, 4) is 11.8 Å². The molecule has 3 atom stereocenters. The Hall–Kier alpha value is -1.04. The van der Waals surface area contributed by atoms with Gasteiger partial charge in [-0.05, 0) is 18.6 Å². The van der Waals surface area contributed by atoms with E-state index < -0.39 is 6.10 Å². The second-order valence-electron chi connectivity index (χ2n) is 5.03. The van der Waals surface area contributed by atoms with E-state index in [-0.39, 0.29) is 0 Å². The lowest BCUT2D eigenvalue weighted by Crippen LogP contribution is -1.94. The second kappa shape index (κ2) is 9.83. The summed E-state index contributed by atoms with van der Waals surface area (Å²) in [4.78, 5) is 0. The fourth-order valence-electron chi connectivity index (χ4n) is 2.01. The van der Waals surface area contributed by atoms with Gasteiger partial charge in [0.1, 0.15) is 0 Å². The highest BCUT2D eigenvalue weighted by Crippen LogP contribution is 2.29. The van der Waals surface area contributed by atoms with Crippen LogP contribution in [0.1, 0.15) is 51.9 Å². The molecule has 0 aliphatic carbocycles. The molecule has 2 nitrogen and oxygen atoms in total. The highest BCUT2D eigenvalue weighted by Gasteiger charge is 2.36. The Kier molecular flexibility index (Phi) is 8.29. The van der Waals surface area contributed by atoms with Crippen LogP contribution < -0.4 is 0 Å². The van der Waals surface area contributed by atoms with Crippen molar-refractivity contribution >= 4 is 0 Å². The Morgan fingerprint density at radius 3 is 2.79 bits per heavy atom. The van der Waals surface area contributed by atoms with Crippen molar-refractivity contribution in [3.05, 3.63) is 24.8 Å². The molecule has 0 saturated carbocycles. The van der Waals surface area contributed by atoms with E-state index in [9.17, 15) is 5.11 Å². The molecule has 1 aliphatic rings. The second-order valence-corrected chi connectivity index (χ2v) is 5.03. The lowest BCUT2D eigenvalue weighted by atomic mass is 10.1. The third kappa shape index (κ3) is 7.87. The van der Waals surface area contributed by atoms with E-state index in [0.717, 1.165) is 6.42 Å². The van der Waals surface area contributed by atoms with Gasteiger partial charge in [0, 0.05) is 6.42 Å². The van der Waals surface area contributed by atoms with Crippen molar-refractivity contribution in [2.24, 2.45) is 0 Å². The monoisotopic (exact) mass is 262 g/mol. The molecular weight excluding hydrogens is 236 g/mol. The Morgan fingerprint density at radius 2 is 2.05 bits per heavy atom. The molecule has 0 amide bonds. The maximum Gasteiger partial charge on any atom is 0.0950 e. The first-order chi connectivity index (χ1) is 9.27. The summed E-state index contributed by atoms with van der Waals surface area (Å²) in [6.07, 6.45) is 13.5. The largest absolute Gasteiger partial charge is 0.385 e. The van der Waals surface area contributed by atoms with E-state index in [2.05, 4.69) is 25.3 Å². The van der Waals surface area contributed by atoms with Crippen molar-refractivity contribution < 1.29 is 9.84 Å². The Morgan fingerprint density at radius 1 is 1.26 bits per heavy atom. The fraction of sp³-hybridized carbons (Fsp3) is 0.647. The molecule has 0 aromatic heterocycles. The van der Waals surface area contributed by atoms with Gasteiger partial charge in [-0.25, -0.2) is 0 Å². The van der Waals surface area contributed by atoms with Crippen molar-refractivity contribution in [1.82, 2.24) is 0 Å². The molecule has 0 spiro atoms. The summed E-state index contributed by atoms with van der Waals surface area (Å²) in [5.74, 6) is 5.97. The van der Waals surface area contributed by atoms with Crippen molar-refractivity contribution in [3.63, 3.8) is 0 Å². The lowest BCUT2D eigenvalue weighted by Gasteiger charge is -1.96. The third-order valence-electron chi connectivity index (χ3n) is 3.30. The number of hydrogen-bond acceptors (Lipinski definition) is 2. The van der Waals surface area contributed by atoms with E-state index in [4.69, 9.17) is 4.74 Å². The number of ether oxygens (including phenoxy) is 1. The Balaban J connectivity index is 2.00. The summed E-state index contributed by atoms with van der Waals surface area (Å²) >= 11 is 0. The van der Waals surface area contributed by atoms with Crippen LogP contribution in [-0.2, 0) is 4.74 Å². The van der Waals surface area contributed by atoms with Gasteiger partial charge >= 0.3 is 0 Å². The van der Waals surface area contributed by atoms with E-state index in [1.807, 2.05) is 0 Å². The smallest absolute Gasteiger partial charge is 0.0950 e. The highest BCUT2D eigenvalue weighted by molar-refractivity contribution is 5.19. The van der Waals surface area contributed by atoms with Gasteiger partial charge < -0.3 is 9.84 Å². The predicted octanol–water partition coefficient (Wildman–Crippen LogP) is 3.61. The molecule has 1 heterocycles. The number of rotatable bonds is 9. The first kappa shape index (κ1) is 16.0. The maximum atomic E-state index is 9.18. The van der Waals surface area contributed by atoms with Gasteiger partial charge in [-0.15, -0.1) is 6.58 Å². The van der Waals surface area contributed by atoms with Crippen LogP contribution in [0.5, 0.6) is 0 Å². The van der Waals surface area contributed by atoms with Crippen LogP contribution in [0.25, 0.3) is 0 Å². The van der Waals surface area contributed by atoms with Crippen molar-refractivity contribution in [2.75, 3.05) is 0 Å². The molecule has 2 heteroatoms. The summed E-state index contributed by atoms with van der Waals surface area (Å²) in [5, 5.41) is 9.18. The topological polar surface area (TPSA) is 32.8 Å². The first-order valence-electron chi connectivity index (χ1n) is 7.39. The molecule has 0 radical (unpaired) electrons. The van der Waals surface area contributed by atoms with E-state index in [0.29, 0.717) is 12.2 Å². The summed E-state index contributed by atoms with van der Waals surface area (Å²) in [6, 6.07) is 0. The maximum absolute atomic E-state index is 9.18. The molecule has 1 rings (SSSR count). The number of allylic oxidation sites excluding steroid dienone is 1. The molecule has 0 bridgehead atoms. The third-order valence-corrected chi connectivity index (χ3v) is 3.30. The van der Waals surface area contributed by atoms with Crippen molar-refractivity contribution in [1.29, 1.82) is 0 Å². The zero-order chi connectivity index (χ0) is 13.9. The lowest BCUT2D eigenvalue weighted by molar-refractivity contribution is 0.272. The number of aliphatic hydroxyl groups excluding tert-OH is 1. The van der Waals surface area contributed by atoms with Crippen LogP contribution in [0.4, 0.5) is 0 Å². The van der Waals surface area contributed by atoms with Gasteiger partial charge in [0.25, 0.3) is 0 Å². The molecule has 0 aromatic carbocycles. The SMILES string of the molecule is C=C[C@@H](O)/C=C/C#CC[C@@H]1O[C@@H]1CCCCCCC. The molecule has 19 heavy (non-hydrogen) atoms. The van der Waals surface area contributed by atoms with Crippen molar-refractivity contribution in [2.45, 2.75) is 70.2 Å². The first-order valence-corrected chi connectivity index (χ1v) is 7.39. The minimum Gasteiger partial charge on any atom is -0.385 e. The van der Waals surface area contributed by atoms with Gasteiger partial charge in [-0.1, -0.05) is 56.9 Å². The highest BCUT2D eigenvalue weighted by atomic mass is 16.6. The molecule has 0 aromatic rings. The van der Waals surface area contributed by atoms with Crippen LogP contribution in [0, 0.1) is 11.8 Å². The van der Waals surface area contributed by atoms with Gasteiger partial charge in [-0.2, -0.15) is 0 Å². The van der Waals surface area contributed by atoms with E-state index >= 15 is 0 Å². The average Bonchev–Trinajstić information content (AvgIpc) is 3.16. The molecule has 1 N–H and O–H groups in total. The minimum absolute atomic E-state index is 0.344. The molecule has 106 valence electrons. The molecule has 1 fully saturated rings. The van der Waals surface area contributed by atoms with E-state index in [1.165, 1.54) is 44.6 Å². The van der Waals surface area contributed by atoms with Gasteiger partial charge in [0.05, 0.1) is 18.3 Å². The number of aliphatic hydroxyl groups is 1. The zero-order valence-corrected chi connectivity index (χ0v) is 12.0. The van der Waals surface area contributed by atoms with E-state index in [1.54, 1.807) is 12.2 Å². The Labute approximate surface area is 117 Å². The number of unbranched alkanes of at least 4 members (excludes halogenated alkanes) is 4. The normalized spacial score (nSPS) is 22.8. The summed E-state index contributed by atoms with van der Waals surface area (Å²) < 4.78 is 5.58. The predicted molar refractivity (Wildman–Crippen MR) is 79.8 cm³/mol. The van der Waals surface area contributed by atoms with Gasteiger partial charge in [-0.3, -0.25) is 0 Å². The minimum atomic E-state index is -0.595. The van der Waals surface area contributed by atoms with Crippen LogP contribution >= 0.6 is 0 Å². The number of hydrogen-bond donors (Lipinski definition) is 1. The fourth-order valence-corrected chi connectivity index (χ4v) is 2.01. The molecule has 0 unspecified atom stereocenters. The Bertz CT molecular complexity index is 335. The molecular formula is C17H26O2. The summed E-state index contributed by atoms with van der Waals surface area (Å²) in [5.41, 5.74) is 0. The van der Waals surface area contributed by atoms with Crippen LogP contribution in [-0.4, -0.2) is 23.4 Å². The molecule has 1 aliphatic heterocycles. The zero-order valence-electron chi connectivity index (χ0n) is 12.0. The summed E-state index contributed by atoms with van der Waals surface area (Å²) in [6.45, 7) is 5.72. The van der Waals surface area contributed by atoms with Gasteiger partial charge in [0.15, 0.2) is 0 Å². The van der Waals surface area contributed by atoms with Crippen LogP contribution in [0.3, 0.4) is 0 Å². The van der Waals surface area contributed by atoms with Crippen LogP contribution in [0.2, 0.25) is 0 Å². The quantitative estimate of drug-likeness (QED) is 0.298. The standard InChI is InChI=1S/C17H26O2/c1-3-5-6-7-10-13-16-17(19-16)14-11-8-9-12-15(18)4-2/h4,9,12,15-18H,2-3,5-7,10,13-14H2,1H3/b12-9+/t15-,16-,17+/m1/s1. The number of epoxide rings is 1. The summed E-state index contributed by atoms with van der Waals surface area (Å²) in [7, 11) is 0. The average molecular weight is 262 g/mol. The molecule has 1 saturated heterocycles. The van der Waals surface area contributed by atoms with Crippen LogP contribution in [0.15, 0.2) is 24.8 Å².